The first kappa shape index (κ1) is 18.9. The van der Waals surface area contributed by atoms with Gasteiger partial charge in [-0.05, 0) is 37.3 Å². The molecule has 1 amide bonds. The van der Waals surface area contributed by atoms with Gasteiger partial charge < -0.3 is 15.1 Å². The van der Waals surface area contributed by atoms with Crippen LogP contribution in [0.4, 0.5) is 5.69 Å². The van der Waals surface area contributed by atoms with Crippen LogP contribution in [0.2, 0.25) is 0 Å². The van der Waals surface area contributed by atoms with Crippen LogP contribution < -0.4 is 10.6 Å². The molecule has 0 saturated carbocycles. The van der Waals surface area contributed by atoms with E-state index in [2.05, 4.69) is 19.2 Å². The van der Waals surface area contributed by atoms with E-state index in [1.54, 1.807) is 19.1 Å². The Labute approximate surface area is 132 Å². The number of anilines is 1. The highest BCUT2D eigenvalue weighted by atomic mass is 31.2. The summed E-state index contributed by atoms with van der Waals surface area (Å²) in [7, 11) is -4.44. The third kappa shape index (κ3) is 5.24. The van der Waals surface area contributed by atoms with Crippen LogP contribution in [0.25, 0.3) is 0 Å². The van der Waals surface area contributed by atoms with E-state index < -0.39 is 7.60 Å². The predicted molar refractivity (Wildman–Crippen MR) is 89.3 cm³/mol. The Morgan fingerprint density at radius 3 is 2.27 bits per heavy atom. The highest BCUT2D eigenvalue weighted by molar-refractivity contribution is 7.60. The lowest BCUT2D eigenvalue weighted by atomic mass is 9.87. The van der Waals surface area contributed by atoms with Crippen LogP contribution in [0.15, 0.2) is 18.2 Å². The molecule has 0 spiro atoms. The van der Waals surface area contributed by atoms with Crippen LogP contribution in [0.3, 0.4) is 0 Å². The summed E-state index contributed by atoms with van der Waals surface area (Å²) in [6.45, 7) is 9.81. The quantitative estimate of drug-likeness (QED) is 0.701. The molecule has 1 unspecified atom stereocenters. The lowest BCUT2D eigenvalue weighted by Gasteiger charge is -2.23. The zero-order valence-electron chi connectivity index (χ0n) is 13.8. The molecule has 0 aromatic heterocycles. The number of rotatable bonds is 6. The minimum Gasteiger partial charge on any atom is -0.325 e. The number of aryl methyl sites for hydroxylation is 1. The minimum absolute atomic E-state index is 0.132. The van der Waals surface area contributed by atoms with Crippen LogP contribution in [-0.4, -0.2) is 15.7 Å². The van der Waals surface area contributed by atoms with Crippen LogP contribution in [0.1, 0.15) is 39.7 Å². The topological polar surface area (TPSA) is 86.6 Å². The highest BCUT2D eigenvalue weighted by Gasteiger charge is 2.27. The van der Waals surface area contributed by atoms with Gasteiger partial charge in [0.1, 0.15) is 0 Å². The molecule has 1 aromatic rings. The molecule has 6 heteroatoms. The van der Waals surface area contributed by atoms with Gasteiger partial charge in [0, 0.05) is 5.92 Å². The van der Waals surface area contributed by atoms with Gasteiger partial charge in [0.15, 0.2) is 0 Å². The molecule has 1 atom stereocenters. The molecule has 1 aromatic carbocycles. The van der Waals surface area contributed by atoms with Gasteiger partial charge in [-0.25, -0.2) is 0 Å². The van der Waals surface area contributed by atoms with E-state index in [-0.39, 0.29) is 28.7 Å². The largest absolute Gasteiger partial charge is 0.358 e. The smallest absolute Gasteiger partial charge is 0.325 e. The molecular weight excluding hydrogens is 301 g/mol. The fraction of sp³-hybridized carbons (Fsp3) is 0.562. The first-order valence-electron chi connectivity index (χ1n) is 7.50. The molecule has 124 valence electrons. The van der Waals surface area contributed by atoms with Gasteiger partial charge in [0.25, 0.3) is 0 Å². The summed E-state index contributed by atoms with van der Waals surface area (Å²) in [5.41, 5.74) is 0.928. The maximum absolute atomic E-state index is 12.5. The molecule has 0 aliphatic rings. The van der Waals surface area contributed by atoms with Gasteiger partial charge in [-0.3, -0.25) is 9.36 Å². The minimum atomic E-state index is -4.44. The maximum atomic E-state index is 12.5. The summed E-state index contributed by atoms with van der Waals surface area (Å²) < 4.78 is 11.6. The second-order valence-electron chi connectivity index (χ2n) is 6.53. The molecule has 0 aliphatic heterocycles. The second kappa shape index (κ2) is 7.40. The van der Waals surface area contributed by atoms with Crippen molar-refractivity contribution in [3.05, 3.63) is 23.8 Å². The summed E-state index contributed by atoms with van der Waals surface area (Å²) in [4.78, 5) is 31.4. The van der Waals surface area contributed by atoms with Crippen LogP contribution in [-0.2, 0) is 9.36 Å². The third-order valence-electron chi connectivity index (χ3n) is 3.59. The number of amides is 1. The van der Waals surface area contributed by atoms with E-state index in [9.17, 15) is 19.1 Å². The van der Waals surface area contributed by atoms with E-state index >= 15 is 0 Å². The van der Waals surface area contributed by atoms with Crippen molar-refractivity contribution in [2.45, 2.75) is 41.0 Å². The van der Waals surface area contributed by atoms with Crippen molar-refractivity contribution in [3.8, 4) is 0 Å². The first-order valence-corrected chi connectivity index (χ1v) is 9.11. The van der Waals surface area contributed by atoms with E-state index in [1.807, 2.05) is 13.8 Å². The summed E-state index contributed by atoms with van der Waals surface area (Å²) in [6.07, 6.45) is 0.737. The zero-order valence-corrected chi connectivity index (χ0v) is 14.7. The Morgan fingerprint density at radius 2 is 1.82 bits per heavy atom. The van der Waals surface area contributed by atoms with Gasteiger partial charge in [-0.1, -0.05) is 39.3 Å². The lowest BCUT2D eigenvalue weighted by molar-refractivity contribution is -0.121. The van der Waals surface area contributed by atoms with Crippen molar-refractivity contribution >= 4 is 24.5 Å². The Hall–Kier alpha value is -1.16. The predicted octanol–water partition coefficient (Wildman–Crippen LogP) is 3.05. The number of carbonyl (C=O) groups excluding carboxylic acids is 1. The monoisotopic (exact) mass is 327 g/mol. The van der Waals surface area contributed by atoms with Crippen molar-refractivity contribution in [3.63, 3.8) is 0 Å². The Morgan fingerprint density at radius 1 is 1.23 bits per heavy atom. The summed E-state index contributed by atoms with van der Waals surface area (Å²) in [5, 5.41) is 2.57. The molecule has 1 rings (SSSR count). The van der Waals surface area contributed by atoms with Crippen molar-refractivity contribution in [1.29, 1.82) is 0 Å². The van der Waals surface area contributed by atoms with E-state index in [1.165, 1.54) is 6.07 Å². The van der Waals surface area contributed by atoms with Gasteiger partial charge in [-0.2, -0.15) is 0 Å². The number of carbonyl (C=O) groups is 1. The summed E-state index contributed by atoms with van der Waals surface area (Å²) in [6, 6.07) is 4.69. The molecule has 0 bridgehead atoms. The molecule has 0 saturated heterocycles. The van der Waals surface area contributed by atoms with E-state index in [0.717, 1.165) is 12.0 Å². The SMILES string of the molecule is Cc1ccc(NC(=O)C(CC(C)C)C(C)C)c(P(=O)(O)O)c1. The average Bonchev–Trinajstić information content (AvgIpc) is 2.36. The van der Waals surface area contributed by atoms with Gasteiger partial charge in [-0.15, -0.1) is 0 Å². The van der Waals surface area contributed by atoms with Crippen molar-refractivity contribution < 1.29 is 19.1 Å². The standard InChI is InChI=1S/C16H26NO4P/c1-10(2)8-13(11(3)4)16(18)17-14-7-6-12(5)9-15(14)22(19,20)21/h6-7,9-11,13H,8H2,1-5H3,(H,17,18)(H2,19,20,21). The fourth-order valence-corrected chi connectivity index (χ4v) is 3.22. The molecule has 3 N–H and O–H groups in total. The van der Waals surface area contributed by atoms with Gasteiger partial charge in [0.2, 0.25) is 5.91 Å². The van der Waals surface area contributed by atoms with E-state index in [0.29, 0.717) is 5.92 Å². The maximum Gasteiger partial charge on any atom is 0.358 e. The first-order chi connectivity index (χ1) is 10.0. The summed E-state index contributed by atoms with van der Waals surface area (Å²) in [5.74, 6) is 0.150. The van der Waals surface area contributed by atoms with Crippen molar-refractivity contribution in [1.82, 2.24) is 0 Å². The average molecular weight is 327 g/mol. The molecule has 0 aliphatic carbocycles. The molecule has 5 nitrogen and oxygen atoms in total. The highest BCUT2D eigenvalue weighted by Crippen LogP contribution is 2.37. The fourth-order valence-electron chi connectivity index (χ4n) is 2.40. The molecule has 22 heavy (non-hydrogen) atoms. The third-order valence-corrected chi connectivity index (χ3v) is 4.59. The van der Waals surface area contributed by atoms with Crippen molar-refractivity contribution in [2.24, 2.45) is 17.8 Å². The number of benzene rings is 1. The zero-order chi connectivity index (χ0) is 17.1. The Balaban J connectivity index is 3.08. The molecule has 0 heterocycles. The number of hydrogen-bond donors (Lipinski definition) is 3. The van der Waals surface area contributed by atoms with E-state index in [4.69, 9.17) is 0 Å². The molecule has 0 fully saturated rings. The second-order valence-corrected chi connectivity index (χ2v) is 8.10. The van der Waals surface area contributed by atoms with Crippen molar-refractivity contribution in [2.75, 3.05) is 5.32 Å². The van der Waals surface area contributed by atoms with Crippen LogP contribution in [0, 0.1) is 24.7 Å². The Kier molecular flexibility index (Phi) is 6.36. The Bertz CT molecular complexity index is 578. The normalized spacial score (nSPS) is 13.5. The van der Waals surface area contributed by atoms with Gasteiger partial charge >= 0.3 is 7.60 Å². The van der Waals surface area contributed by atoms with Crippen LogP contribution >= 0.6 is 7.60 Å². The van der Waals surface area contributed by atoms with Gasteiger partial charge in [0.05, 0.1) is 11.0 Å². The number of nitrogens with one attached hydrogen (secondary N) is 1. The summed E-state index contributed by atoms with van der Waals surface area (Å²) >= 11 is 0. The number of hydrogen-bond acceptors (Lipinski definition) is 2. The molecule has 0 radical (unpaired) electrons. The molecular formula is C16H26NO4P. The lowest BCUT2D eigenvalue weighted by Crippen LogP contribution is -2.30. The van der Waals surface area contributed by atoms with Crippen LogP contribution in [0.5, 0.6) is 0 Å².